The Morgan fingerprint density at radius 3 is 2.79 bits per heavy atom. The van der Waals surface area contributed by atoms with Crippen LogP contribution in [0.25, 0.3) is 11.3 Å². The second-order valence-electron chi connectivity index (χ2n) is 6.58. The van der Waals surface area contributed by atoms with Gasteiger partial charge in [-0.05, 0) is 25.3 Å². The van der Waals surface area contributed by atoms with E-state index in [0.717, 1.165) is 68.6 Å². The molecule has 0 aliphatic carbocycles. The lowest BCUT2D eigenvalue weighted by Gasteiger charge is -2.26. The van der Waals surface area contributed by atoms with Crippen molar-refractivity contribution in [2.75, 3.05) is 26.3 Å². The summed E-state index contributed by atoms with van der Waals surface area (Å²) in [6.07, 6.45) is 2.47. The molecule has 3 heterocycles. The number of hydrogen-bond acceptors (Lipinski definition) is 5. The summed E-state index contributed by atoms with van der Waals surface area (Å²) >= 11 is 0. The van der Waals surface area contributed by atoms with Crippen molar-refractivity contribution >= 4 is 0 Å². The van der Waals surface area contributed by atoms with Crippen molar-refractivity contribution in [1.29, 1.82) is 0 Å². The monoisotopic (exact) mass is 328 g/mol. The molecule has 2 aliphatic heterocycles. The van der Waals surface area contributed by atoms with Gasteiger partial charge in [-0.25, -0.2) is 4.68 Å². The summed E-state index contributed by atoms with van der Waals surface area (Å²) in [6.45, 7) is 5.03. The molecule has 6 heteroatoms. The van der Waals surface area contributed by atoms with Crippen LogP contribution in [0.2, 0.25) is 0 Å². The first-order chi connectivity index (χ1) is 11.9. The maximum Gasteiger partial charge on any atom is 0.118 e. The fraction of sp³-hybridized carbons (Fsp3) is 0.556. The van der Waals surface area contributed by atoms with Gasteiger partial charge >= 0.3 is 0 Å². The van der Waals surface area contributed by atoms with E-state index in [2.05, 4.69) is 27.8 Å². The molecule has 2 aliphatic rings. The van der Waals surface area contributed by atoms with Crippen molar-refractivity contribution in [3.63, 3.8) is 0 Å². The molecule has 1 aromatic heterocycles. The molecule has 24 heavy (non-hydrogen) atoms. The van der Waals surface area contributed by atoms with Crippen LogP contribution in [0.5, 0.6) is 0 Å². The molecule has 0 radical (unpaired) electrons. The molecule has 6 nitrogen and oxygen atoms in total. The third-order valence-corrected chi connectivity index (χ3v) is 4.86. The SMILES string of the molecule is c1ccc(-c2nnn3c2CO[C@H](CNCC2CCOCC2)C3)cc1. The van der Waals surface area contributed by atoms with Crippen molar-refractivity contribution in [3.8, 4) is 11.3 Å². The average molecular weight is 328 g/mol. The van der Waals surface area contributed by atoms with Crippen LogP contribution >= 0.6 is 0 Å². The second-order valence-corrected chi connectivity index (χ2v) is 6.58. The zero-order valence-electron chi connectivity index (χ0n) is 13.9. The molecular formula is C18H24N4O2. The average Bonchev–Trinajstić information content (AvgIpc) is 3.07. The zero-order chi connectivity index (χ0) is 16.2. The summed E-state index contributed by atoms with van der Waals surface area (Å²) in [6, 6.07) is 10.2. The number of rotatable bonds is 5. The van der Waals surface area contributed by atoms with Gasteiger partial charge in [-0.1, -0.05) is 35.5 Å². The topological polar surface area (TPSA) is 61.2 Å². The molecule has 0 spiro atoms. The zero-order valence-corrected chi connectivity index (χ0v) is 13.9. The van der Waals surface area contributed by atoms with Crippen LogP contribution in [0.4, 0.5) is 0 Å². The molecule has 1 N–H and O–H groups in total. The third-order valence-electron chi connectivity index (χ3n) is 4.86. The van der Waals surface area contributed by atoms with Gasteiger partial charge in [0.15, 0.2) is 0 Å². The highest BCUT2D eigenvalue weighted by Gasteiger charge is 2.24. The first kappa shape index (κ1) is 15.7. The predicted octanol–water partition coefficient (Wildman–Crippen LogP) is 1.86. The van der Waals surface area contributed by atoms with Crippen LogP contribution in [0, 0.1) is 5.92 Å². The Hall–Kier alpha value is -1.76. The van der Waals surface area contributed by atoms with Crippen LogP contribution in [0.15, 0.2) is 30.3 Å². The number of hydrogen-bond donors (Lipinski definition) is 1. The largest absolute Gasteiger partial charge is 0.381 e. The van der Waals surface area contributed by atoms with Crippen molar-refractivity contribution in [3.05, 3.63) is 36.0 Å². The molecule has 0 amide bonds. The summed E-state index contributed by atoms with van der Waals surface area (Å²) in [5.74, 6) is 0.731. The summed E-state index contributed by atoms with van der Waals surface area (Å²) in [5.41, 5.74) is 3.10. The first-order valence-electron chi connectivity index (χ1n) is 8.78. The molecule has 0 bridgehead atoms. The Labute approximate surface area is 142 Å². The van der Waals surface area contributed by atoms with E-state index in [9.17, 15) is 0 Å². The van der Waals surface area contributed by atoms with Crippen molar-refractivity contribution in [2.45, 2.75) is 32.1 Å². The molecule has 4 rings (SSSR count). The maximum atomic E-state index is 6.03. The normalized spacial score (nSPS) is 21.6. The van der Waals surface area contributed by atoms with Crippen LogP contribution in [-0.2, 0) is 22.6 Å². The van der Waals surface area contributed by atoms with E-state index >= 15 is 0 Å². The molecule has 0 unspecified atom stereocenters. The Bertz CT molecular complexity index is 652. The Balaban J connectivity index is 1.32. The standard InChI is InChI=1S/C18H24N4O2/c1-2-4-15(5-3-1)18-17-13-24-16(12-22(17)21-20-18)11-19-10-14-6-8-23-9-7-14/h1-5,14,16,19H,6-13H2/t16-/m1/s1. The summed E-state index contributed by atoms with van der Waals surface area (Å²) in [7, 11) is 0. The second kappa shape index (κ2) is 7.42. The minimum atomic E-state index is 0.155. The van der Waals surface area contributed by atoms with Gasteiger partial charge in [0.05, 0.1) is 24.9 Å². The van der Waals surface area contributed by atoms with Crippen LogP contribution in [0.3, 0.4) is 0 Å². The molecule has 0 saturated carbocycles. The summed E-state index contributed by atoms with van der Waals surface area (Å²) in [4.78, 5) is 0. The van der Waals surface area contributed by atoms with E-state index in [1.165, 1.54) is 0 Å². The van der Waals surface area contributed by atoms with E-state index in [1.807, 2.05) is 22.9 Å². The van der Waals surface area contributed by atoms with E-state index < -0.39 is 0 Å². The number of nitrogens with one attached hydrogen (secondary N) is 1. The highest BCUT2D eigenvalue weighted by Crippen LogP contribution is 2.24. The van der Waals surface area contributed by atoms with E-state index in [1.54, 1.807) is 0 Å². The number of fused-ring (bicyclic) bond motifs is 1. The minimum Gasteiger partial charge on any atom is -0.381 e. The van der Waals surface area contributed by atoms with Gasteiger partial charge < -0.3 is 14.8 Å². The molecule has 2 aromatic rings. The van der Waals surface area contributed by atoms with Crippen LogP contribution in [-0.4, -0.2) is 47.4 Å². The Kier molecular flexibility index (Phi) is 4.87. The van der Waals surface area contributed by atoms with Gasteiger partial charge in [0, 0.05) is 25.3 Å². The number of ether oxygens (including phenoxy) is 2. The lowest BCUT2D eigenvalue weighted by Crippen LogP contribution is -2.39. The molecular weight excluding hydrogens is 304 g/mol. The maximum absolute atomic E-state index is 6.03. The first-order valence-corrected chi connectivity index (χ1v) is 8.78. The summed E-state index contributed by atoms with van der Waals surface area (Å²) < 4.78 is 13.4. The molecule has 1 saturated heterocycles. The number of nitrogens with zero attached hydrogens (tertiary/aromatic N) is 3. The Morgan fingerprint density at radius 2 is 1.96 bits per heavy atom. The number of aromatic nitrogens is 3. The number of benzene rings is 1. The van der Waals surface area contributed by atoms with Gasteiger partial charge in [-0.15, -0.1) is 5.10 Å². The fourth-order valence-electron chi connectivity index (χ4n) is 3.41. The molecule has 1 aromatic carbocycles. The van der Waals surface area contributed by atoms with E-state index in [-0.39, 0.29) is 6.10 Å². The highest BCUT2D eigenvalue weighted by atomic mass is 16.5. The van der Waals surface area contributed by atoms with Gasteiger partial charge in [-0.2, -0.15) is 0 Å². The van der Waals surface area contributed by atoms with E-state index in [4.69, 9.17) is 9.47 Å². The van der Waals surface area contributed by atoms with Gasteiger partial charge in [0.1, 0.15) is 5.69 Å². The lowest BCUT2D eigenvalue weighted by atomic mass is 10.0. The van der Waals surface area contributed by atoms with Crippen LogP contribution < -0.4 is 5.32 Å². The minimum absolute atomic E-state index is 0.155. The van der Waals surface area contributed by atoms with Crippen molar-refractivity contribution in [2.24, 2.45) is 5.92 Å². The molecule has 128 valence electrons. The van der Waals surface area contributed by atoms with Crippen LogP contribution in [0.1, 0.15) is 18.5 Å². The summed E-state index contributed by atoms with van der Waals surface area (Å²) in [5, 5.41) is 12.2. The predicted molar refractivity (Wildman–Crippen MR) is 90.4 cm³/mol. The van der Waals surface area contributed by atoms with E-state index in [0.29, 0.717) is 6.61 Å². The quantitative estimate of drug-likeness (QED) is 0.908. The van der Waals surface area contributed by atoms with Crippen molar-refractivity contribution in [1.82, 2.24) is 20.3 Å². The third kappa shape index (κ3) is 3.50. The van der Waals surface area contributed by atoms with Gasteiger partial charge in [-0.3, -0.25) is 0 Å². The lowest BCUT2D eigenvalue weighted by molar-refractivity contribution is -0.000187. The fourth-order valence-corrected chi connectivity index (χ4v) is 3.41. The Morgan fingerprint density at radius 1 is 1.12 bits per heavy atom. The van der Waals surface area contributed by atoms with Gasteiger partial charge in [0.25, 0.3) is 0 Å². The van der Waals surface area contributed by atoms with Gasteiger partial charge in [0.2, 0.25) is 0 Å². The highest BCUT2D eigenvalue weighted by molar-refractivity contribution is 5.61. The smallest absolute Gasteiger partial charge is 0.118 e. The van der Waals surface area contributed by atoms with Crippen molar-refractivity contribution < 1.29 is 9.47 Å². The molecule has 1 fully saturated rings. The molecule has 1 atom stereocenters.